The minimum absolute atomic E-state index is 0.158. The maximum atomic E-state index is 12.7. The molecule has 1 amide bonds. The first kappa shape index (κ1) is 19.7. The lowest BCUT2D eigenvalue weighted by Gasteiger charge is -2.49. The zero-order valence-electron chi connectivity index (χ0n) is 17.5. The van der Waals surface area contributed by atoms with Crippen molar-refractivity contribution in [3.8, 4) is 0 Å². The minimum atomic E-state index is -0.218. The normalized spacial score (nSPS) is 20.2. The van der Waals surface area contributed by atoms with Crippen molar-refractivity contribution in [3.63, 3.8) is 0 Å². The molecule has 150 valence electrons. The van der Waals surface area contributed by atoms with Crippen LogP contribution in [-0.4, -0.2) is 69.5 Å². The van der Waals surface area contributed by atoms with Gasteiger partial charge < -0.3 is 19.7 Å². The number of nitrogens with zero attached hydrogens (tertiary/aromatic N) is 5. The highest BCUT2D eigenvalue weighted by molar-refractivity contribution is 5.88. The summed E-state index contributed by atoms with van der Waals surface area (Å²) in [6.07, 6.45) is 6.63. The van der Waals surface area contributed by atoms with E-state index in [9.17, 15) is 4.79 Å². The number of carbonyl (C=O) groups excluding carboxylic acids is 1. The molecule has 1 saturated heterocycles. The van der Waals surface area contributed by atoms with Crippen LogP contribution in [0.25, 0.3) is 0 Å². The van der Waals surface area contributed by atoms with Crippen molar-refractivity contribution in [2.45, 2.75) is 71.5 Å². The van der Waals surface area contributed by atoms with E-state index in [2.05, 4.69) is 53.7 Å². The maximum Gasteiger partial charge on any atom is 0.242 e. The number of guanidine groups is 1. The molecule has 1 fully saturated rings. The second-order valence-corrected chi connectivity index (χ2v) is 8.55. The lowest BCUT2D eigenvalue weighted by molar-refractivity contribution is -0.145. The van der Waals surface area contributed by atoms with Gasteiger partial charge in [0.15, 0.2) is 5.96 Å². The molecular weight excluding hydrogens is 340 g/mol. The van der Waals surface area contributed by atoms with Gasteiger partial charge in [0.1, 0.15) is 5.82 Å². The molecule has 27 heavy (non-hydrogen) atoms. The van der Waals surface area contributed by atoms with Crippen LogP contribution < -0.4 is 5.32 Å². The van der Waals surface area contributed by atoms with Gasteiger partial charge in [0.05, 0.1) is 17.8 Å². The molecule has 0 unspecified atom stereocenters. The lowest BCUT2D eigenvalue weighted by atomic mass is 9.96. The summed E-state index contributed by atoms with van der Waals surface area (Å²) in [5.41, 5.74) is 0.917. The van der Waals surface area contributed by atoms with E-state index >= 15 is 0 Å². The van der Waals surface area contributed by atoms with Gasteiger partial charge in [-0.05, 0) is 40.5 Å². The van der Waals surface area contributed by atoms with Crippen LogP contribution in [0.4, 0.5) is 0 Å². The lowest BCUT2D eigenvalue weighted by Crippen LogP contribution is -2.66. The van der Waals surface area contributed by atoms with Gasteiger partial charge in [-0.1, -0.05) is 0 Å². The molecule has 0 bridgehead atoms. The molecule has 0 spiro atoms. The Hall–Kier alpha value is -2.05. The molecule has 0 aliphatic carbocycles. The minimum Gasteiger partial charge on any atom is -0.356 e. The molecule has 7 nitrogen and oxygen atoms in total. The number of aromatic nitrogens is 2. The van der Waals surface area contributed by atoms with Crippen LogP contribution in [0.5, 0.6) is 0 Å². The van der Waals surface area contributed by atoms with E-state index in [1.807, 2.05) is 4.90 Å². The van der Waals surface area contributed by atoms with Crippen molar-refractivity contribution < 1.29 is 4.79 Å². The summed E-state index contributed by atoms with van der Waals surface area (Å²) in [5, 5.41) is 3.43. The first-order chi connectivity index (χ1) is 12.8. The fourth-order valence-electron chi connectivity index (χ4n) is 4.54. The van der Waals surface area contributed by atoms with E-state index < -0.39 is 0 Å². The van der Waals surface area contributed by atoms with Gasteiger partial charge in [-0.15, -0.1) is 0 Å². The van der Waals surface area contributed by atoms with Crippen LogP contribution in [0.15, 0.2) is 11.2 Å². The first-order valence-electron chi connectivity index (χ1n) is 10.1. The summed E-state index contributed by atoms with van der Waals surface area (Å²) in [6, 6.07) is 0.205. The number of hydrogen-bond donors (Lipinski definition) is 1. The molecule has 1 aromatic rings. The standard InChI is InChI=1S/C20H34N6O/c1-15(2)26-18(27)13-25(14-20(26,3)4)19(21-5)22-10-9-16-12-24-11-7-6-8-17(24)23-16/h12,15H,6-11,13-14H2,1-5H3,(H,21,22). The summed E-state index contributed by atoms with van der Waals surface area (Å²) < 4.78 is 2.29. The van der Waals surface area contributed by atoms with E-state index in [0.29, 0.717) is 6.54 Å². The number of nitrogens with one attached hydrogen (secondary N) is 1. The van der Waals surface area contributed by atoms with Crippen molar-refractivity contribution in [2.24, 2.45) is 4.99 Å². The third-order valence-electron chi connectivity index (χ3n) is 5.48. The van der Waals surface area contributed by atoms with Crippen LogP contribution in [0.1, 0.15) is 52.1 Å². The number of rotatable bonds is 4. The Morgan fingerprint density at radius 3 is 2.78 bits per heavy atom. The van der Waals surface area contributed by atoms with E-state index in [-0.39, 0.29) is 17.5 Å². The Labute approximate surface area is 162 Å². The van der Waals surface area contributed by atoms with Crippen molar-refractivity contribution in [3.05, 3.63) is 17.7 Å². The summed E-state index contributed by atoms with van der Waals surface area (Å²) in [7, 11) is 1.78. The third-order valence-corrected chi connectivity index (χ3v) is 5.48. The smallest absolute Gasteiger partial charge is 0.242 e. The molecule has 0 saturated carbocycles. The Balaban J connectivity index is 1.58. The molecule has 0 aromatic carbocycles. The van der Waals surface area contributed by atoms with Gasteiger partial charge in [0, 0.05) is 51.8 Å². The molecule has 2 aliphatic rings. The first-order valence-corrected chi connectivity index (χ1v) is 10.1. The third kappa shape index (κ3) is 4.28. The molecule has 3 heterocycles. The predicted molar refractivity (Wildman–Crippen MR) is 108 cm³/mol. The van der Waals surface area contributed by atoms with E-state index in [4.69, 9.17) is 4.98 Å². The summed E-state index contributed by atoms with van der Waals surface area (Å²) in [6.45, 7) is 11.4. The Bertz CT molecular complexity index is 682. The van der Waals surface area contributed by atoms with Gasteiger partial charge in [-0.3, -0.25) is 9.79 Å². The van der Waals surface area contributed by atoms with E-state index in [1.165, 1.54) is 18.7 Å². The van der Waals surface area contributed by atoms with Crippen molar-refractivity contribution >= 4 is 11.9 Å². The van der Waals surface area contributed by atoms with E-state index in [0.717, 1.165) is 44.1 Å². The average Bonchev–Trinajstić information content (AvgIpc) is 2.99. The maximum absolute atomic E-state index is 12.7. The fourth-order valence-corrected chi connectivity index (χ4v) is 4.54. The van der Waals surface area contributed by atoms with Crippen LogP contribution in [0.2, 0.25) is 0 Å². The van der Waals surface area contributed by atoms with Crippen LogP contribution in [-0.2, 0) is 24.2 Å². The Kier molecular flexibility index (Phi) is 5.77. The molecule has 0 atom stereocenters. The fraction of sp³-hybridized carbons (Fsp3) is 0.750. The van der Waals surface area contributed by atoms with Crippen molar-refractivity contribution in [2.75, 3.05) is 26.7 Å². The number of aliphatic imine (C=N–C) groups is 1. The molecule has 3 rings (SSSR count). The van der Waals surface area contributed by atoms with Gasteiger partial charge >= 0.3 is 0 Å². The zero-order valence-corrected chi connectivity index (χ0v) is 17.5. The SMILES string of the molecule is CN=C(NCCc1cn2c(n1)CCCC2)N1CC(=O)N(C(C)C)C(C)(C)C1. The number of piperazine rings is 1. The van der Waals surface area contributed by atoms with E-state index in [1.54, 1.807) is 7.05 Å². The Morgan fingerprint density at radius 1 is 1.37 bits per heavy atom. The highest BCUT2D eigenvalue weighted by Gasteiger charge is 2.40. The van der Waals surface area contributed by atoms with Crippen LogP contribution in [0.3, 0.4) is 0 Å². The topological polar surface area (TPSA) is 65.8 Å². The number of fused-ring (bicyclic) bond motifs is 1. The van der Waals surface area contributed by atoms with Crippen molar-refractivity contribution in [1.29, 1.82) is 0 Å². The number of amides is 1. The Morgan fingerprint density at radius 2 is 2.15 bits per heavy atom. The monoisotopic (exact) mass is 374 g/mol. The highest BCUT2D eigenvalue weighted by atomic mass is 16.2. The second-order valence-electron chi connectivity index (χ2n) is 8.55. The van der Waals surface area contributed by atoms with Crippen molar-refractivity contribution in [1.82, 2.24) is 24.7 Å². The van der Waals surface area contributed by atoms with Gasteiger partial charge in [-0.25, -0.2) is 4.98 Å². The summed E-state index contributed by atoms with van der Waals surface area (Å²) in [4.78, 5) is 25.9. The molecular formula is C20H34N6O. The number of carbonyl (C=O) groups is 1. The number of imidazole rings is 1. The van der Waals surface area contributed by atoms with Gasteiger partial charge in [-0.2, -0.15) is 0 Å². The number of aryl methyl sites for hydroxylation is 2. The number of hydrogen-bond acceptors (Lipinski definition) is 3. The molecule has 7 heteroatoms. The van der Waals surface area contributed by atoms with Gasteiger partial charge in [0.2, 0.25) is 5.91 Å². The highest BCUT2D eigenvalue weighted by Crippen LogP contribution is 2.24. The quantitative estimate of drug-likeness (QED) is 0.643. The largest absolute Gasteiger partial charge is 0.356 e. The summed E-state index contributed by atoms with van der Waals surface area (Å²) >= 11 is 0. The predicted octanol–water partition coefficient (Wildman–Crippen LogP) is 1.67. The van der Waals surface area contributed by atoms with Crippen LogP contribution in [0, 0.1) is 0 Å². The van der Waals surface area contributed by atoms with Gasteiger partial charge in [0.25, 0.3) is 0 Å². The van der Waals surface area contributed by atoms with Crippen LogP contribution >= 0.6 is 0 Å². The molecule has 0 radical (unpaired) electrons. The average molecular weight is 375 g/mol. The molecule has 1 aromatic heterocycles. The molecule has 1 N–H and O–H groups in total. The summed E-state index contributed by atoms with van der Waals surface area (Å²) in [5.74, 6) is 2.17. The zero-order chi connectivity index (χ0) is 19.6. The second kappa shape index (κ2) is 7.90. The molecule has 2 aliphatic heterocycles.